The number of ether oxygens (including phenoxy) is 1. The van der Waals surface area contributed by atoms with Gasteiger partial charge in [-0.25, -0.2) is 0 Å². The predicted octanol–water partition coefficient (Wildman–Crippen LogP) is 3.66. The maximum atomic E-state index is 9.46. The fraction of sp³-hybridized carbons (Fsp3) is 0.538. The van der Waals surface area contributed by atoms with E-state index in [1.807, 2.05) is 19.1 Å². The summed E-state index contributed by atoms with van der Waals surface area (Å²) in [5.41, 5.74) is 0.827. The highest BCUT2D eigenvalue weighted by molar-refractivity contribution is 5.42. The van der Waals surface area contributed by atoms with Crippen LogP contribution in [-0.2, 0) is 0 Å². The van der Waals surface area contributed by atoms with Crippen molar-refractivity contribution in [2.45, 2.75) is 39.5 Å². The molecule has 1 rings (SSSR count). The second kappa shape index (κ2) is 6.33. The van der Waals surface area contributed by atoms with Crippen molar-refractivity contribution in [1.29, 1.82) is 0 Å². The number of aromatic hydroxyl groups is 1. The molecule has 0 spiro atoms. The van der Waals surface area contributed by atoms with Gasteiger partial charge in [0.1, 0.15) is 11.5 Å². The number of phenolic OH excluding ortho intramolecular Hbond substituents is 1. The molecule has 1 aromatic rings. The highest BCUT2D eigenvalue weighted by Crippen LogP contribution is 2.26. The van der Waals surface area contributed by atoms with Gasteiger partial charge in [0.15, 0.2) is 0 Å². The summed E-state index contributed by atoms with van der Waals surface area (Å²) in [6.07, 6.45) is 4.81. The molecule has 0 amide bonds. The van der Waals surface area contributed by atoms with Gasteiger partial charge in [0.2, 0.25) is 0 Å². The van der Waals surface area contributed by atoms with Crippen LogP contribution in [0.5, 0.6) is 11.5 Å². The summed E-state index contributed by atoms with van der Waals surface area (Å²) in [5, 5.41) is 9.46. The average molecular weight is 208 g/mol. The zero-order chi connectivity index (χ0) is 11.1. The Kier molecular flexibility index (Phi) is 5.02. The molecule has 1 aromatic carbocycles. The molecule has 2 nitrogen and oxygen atoms in total. The van der Waals surface area contributed by atoms with Crippen molar-refractivity contribution in [1.82, 2.24) is 0 Å². The monoisotopic (exact) mass is 208 g/mol. The molecule has 0 aliphatic carbocycles. The Balaban J connectivity index is 2.34. The molecule has 0 atom stereocenters. The summed E-state index contributed by atoms with van der Waals surface area (Å²) < 4.78 is 5.60. The van der Waals surface area contributed by atoms with Crippen molar-refractivity contribution in [3.63, 3.8) is 0 Å². The van der Waals surface area contributed by atoms with Crippen molar-refractivity contribution in [3.05, 3.63) is 23.8 Å². The van der Waals surface area contributed by atoms with Gasteiger partial charge in [-0.3, -0.25) is 0 Å². The van der Waals surface area contributed by atoms with Gasteiger partial charge < -0.3 is 9.84 Å². The van der Waals surface area contributed by atoms with Crippen molar-refractivity contribution < 1.29 is 9.84 Å². The summed E-state index contributed by atoms with van der Waals surface area (Å²) in [6.45, 7) is 4.81. The lowest BCUT2D eigenvalue weighted by molar-refractivity contribution is 0.301. The first kappa shape index (κ1) is 11.9. The van der Waals surface area contributed by atoms with Gasteiger partial charge in [-0.2, -0.15) is 0 Å². The molecule has 0 aromatic heterocycles. The average Bonchev–Trinajstić information content (AvgIpc) is 2.24. The molecule has 0 saturated carbocycles. The molecule has 0 aliphatic heterocycles. The maximum Gasteiger partial charge on any atom is 0.125 e. The standard InChI is InChI=1S/C13H20O2/c1-3-4-5-6-10-15-13-9-7-8-12(14)11(13)2/h7-9,14H,3-6,10H2,1-2H3. The molecular formula is C13H20O2. The van der Waals surface area contributed by atoms with Crippen LogP contribution in [0.4, 0.5) is 0 Å². The normalized spacial score (nSPS) is 10.3. The molecule has 0 heterocycles. The highest BCUT2D eigenvalue weighted by Gasteiger charge is 2.02. The van der Waals surface area contributed by atoms with E-state index in [0.717, 1.165) is 24.3 Å². The zero-order valence-electron chi connectivity index (χ0n) is 9.62. The van der Waals surface area contributed by atoms with Crippen molar-refractivity contribution >= 4 is 0 Å². The van der Waals surface area contributed by atoms with Gasteiger partial charge in [0, 0.05) is 5.56 Å². The van der Waals surface area contributed by atoms with Crippen LogP contribution in [0, 0.1) is 6.92 Å². The van der Waals surface area contributed by atoms with Crippen LogP contribution in [0.3, 0.4) is 0 Å². The quantitative estimate of drug-likeness (QED) is 0.723. The number of hydrogen-bond donors (Lipinski definition) is 1. The van der Waals surface area contributed by atoms with Gasteiger partial charge in [-0.05, 0) is 25.5 Å². The third-order valence-corrected chi connectivity index (χ3v) is 2.51. The third kappa shape index (κ3) is 3.82. The van der Waals surface area contributed by atoms with Crippen LogP contribution in [0.2, 0.25) is 0 Å². The molecule has 1 N–H and O–H groups in total. The van der Waals surface area contributed by atoms with Gasteiger partial charge in [-0.1, -0.05) is 32.3 Å². The Hall–Kier alpha value is -1.18. The first-order chi connectivity index (χ1) is 7.25. The van der Waals surface area contributed by atoms with Crippen LogP contribution in [0.25, 0.3) is 0 Å². The zero-order valence-corrected chi connectivity index (χ0v) is 9.62. The molecule has 2 heteroatoms. The molecule has 0 aliphatic rings. The van der Waals surface area contributed by atoms with E-state index in [1.54, 1.807) is 6.07 Å². The van der Waals surface area contributed by atoms with E-state index in [1.165, 1.54) is 19.3 Å². The minimum Gasteiger partial charge on any atom is -0.508 e. The second-order valence-corrected chi connectivity index (χ2v) is 3.81. The minimum atomic E-state index is 0.307. The number of phenols is 1. The van der Waals surface area contributed by atoms with Crippen molar-refractivity contribution in [3.8, 4) is 11.5 Å². The molecule has 0 bridgehead atoms. The SMILES string of the molecule is CCCCCCOc1cccc(O)c1C. The lowest BCUT2D eigenvalue weighted by Gasteiger charge is -2.09. The Labute approximate surface area is 91.9 Å². The molecule has 84 valence electrons. The third-order valence-electron chi connectivity index (χ3n) is 2.51. The fourth-order valence-corrected chi connectivity index (χ4v) is 1.47. The van der Waals surface area contributed by atoms with E-state index in [2.05, 4.69) is 6.92 Å². The van der Waals surface area contributed by atoms with E-state index >= 15 is 0 Å². The largest absolute Gasteiger partial charge is 0.508 e. The topological polar surface area (TPSA) is 29.5 Å². The minimum absolute atomic E-state index is 0.307. The maximum absolute atomic E-state index is 9.46. The van der Waals surface area contributed by atoms with E-state index in [9.17, 15) is 5.11 Å². The van der Waals surface area contributed by atoms with Crippen molar-refractivity contribution in [2.24, 2.45) is 0 Å². The van der Waals surface area contributed by atoms with Crippen LogP contribution < -0.4 is 4.74 Å². The number of benzene rings is 1. The van der Waals surface area contributed by atoms with Gasteiger partial charge >= 0.3 is 0 Å². The van der Waals surface area contributed by atoms with E-state index in [4.69, 9.17) is 4.74 Å². The lowest BCUT2D eigenvalue weighted by Crippen LogP contribution is -1.98. The lowest BCUT2D eigenvalue weighted by atomic mass is 10.2. The first-order valence-corrected chi connectivity index (χ1v) is 5.67. The van der Waals surface area contributed by atoms with Crippen LogP contribution >= 0.6 is 0 Å². The Morgan fingerprint density at radius 1 is 1.20 bits per heavy atom. The molecule has 0 saturated heterocycles. The van der Waals surface area contributed by atoms with Crippen molar-refractivity contribution in [2.75, 3.05) is 6.61 Å². The second-order valence-electron chi connectivity index (χ2n) is 3.81. The molecule has 0 unspecified atom stereocenters. The van der Waals surface area contributed by atoms with E-state index in [0.29, 0.717) is 5.75 Å². The van der Waals surface area contributed by atoms with Gasteiger partial charge in [0.05, 0.1) is 6.61 Å². The number of rotatable bonds is 6. The van der Waals surface area contributed by atoms with Gasteiger partial charge in [0.25, 0.3) is 0 Å². The first-order valence-electron chi connectivity index (χ1n) is 5.67. The summed E-state index contributed by atoms with van der Waals surface area (Å²) in [4.78, 5) is 0. The molecule has 15 heavy (non-hydrogen) atoms. The number of hydrogen-bond acceptors (Lipinski definition) is 2. The fourth-order valence-electron chi connectivity index (χ4n) is 1.47. The number of unbranched alkanes of at least 4 members (excludes halogenated alkanes) is 3. The van der Waals surface area contributed by atoms with Crippen LogP contribution in [0.1, 0.15) is 38.2 Å². The molecule has 0 radical (unpaired) electrons. The van der Waals surface area contributed by atoms with E-state index < -0.39 is 0 Å². The van der Waals surface area contributed by atoms with E-state index in [-0.39, 0.29) is 0 Å². The highest BCUT2D eigenvalue weighted by atomic mass is 16.5. The summed E-state index contributed by atoms with van der Waals surface area (Å²) in [6, 6.07) is 5.39. The predicted molar refractivity (Wildman–Crippen MR) is 62.5 cm³/mol. The Morgan fingerprint density at radius 3 is 2.73 bits per heavy atom. The summed E-state index contributed by atoms with van der Waals surface area (Å²) >= 11 is 0. The Bertz CT molecular complexity index is 295. The molecule has 0 fully saturated rings. The van der Waals surface area contributed by atoms with Crippen LogP contribution in [-0.4, -0.2) is 11.7 Å². The van der Waals surface area contributed by atoms with Gasteiger partial charge in [-0.15, -0.1) is 0 Å². The molecular weight excluding hydrogens is 188 g/mol. The van der Waals surface area contributed by atoms with Crippen LogP contribution in [0.15, 0.2) is 18.2 Å². The smallest absolute Gasteiger partial charge is 0.125 e. The summed E-state index contributed by atoms with van der Waals surface area (Å²) in [7, 11) is 0. The Morgan fingerprint density at radius 2 is 2.00 bits per heavy atom. The summed E-state index contributed by atoms with van der Waals surface area (Å²) in [5.74, 6) is 1.10.